The van der Waals surface area contributed by atoms with E-state index in [-0.39, 0.29) is 54.2 Å². The van der Waals surface area contributed by atoms with Crippen LogP contribution in [-0.2, 0) is 9.59 Å². The van der Waals surface area contributed by atoms with Crippen LogP contribution in [0.1, 0.15) is 17.2 Å². The number of carbonyl (C=O) groups excluding carboxylic acids is 2. The van der Waals surface area contributed by atoms with Crippen molar-refractivity contribution in [1.29, 1.82) is 0 Å². The van der Waals surface area contributed by atoms with Gasteiger partial charge in [-0.25, -0.2) is 0 Å². The van der Waals surface area contributed by atoms with Crippen molar-refractivity contribution in [3.05, 3.63) is 85.3 Å². The van der Waals surface area contributed by atoms with Gasteiger partial charge in [-0.15, -0.1) is 0 Å². The number of rotatable bonds is 5. The maximum absolute atomic E-state index is 13.4. The zero-order valence-corrected chi connectivity index (χ0v) is 21.7. The van der Waals surface area contributed by atoms with Crippen molar-refractivity contribution in [3.63, 3.8) is 0 Å². The molecular formula is C25H17Cl4NO6. The lowest BCUT2D eigenvalue weighted by Crippen LogP contribution is -2.29. The quantitative estimate of drug-likeness (QED) is 0.203. The number of methoxy groups -OCH3 is 2. The first-order valence-corrected chi connectivity index (χ1v) is 11.8. The number of ether oxygens (including phenoxy) is 2. The smallest absolute Gasteiger partial charge is 0.300 e. The fourth-order valence-electron chi connectivity index (χ4n) is 4.04. The molecule has 0 bridgehead atoms. The molecule has 2 N–H and O–H groups in total. The Bertz CT molecular complexity index is 1400. The molecule has 1 heterocycles. The van der Waals surface area contributed by atoms with Crippen LogP contribution in [0.4, 0.5) is 5.69 Å². The first-order valence-electron chi connectivity index (χ1n) is 10.2. The minimum absolute atomic E-state index is 0.0168. The van der Waals surface area contributed by atoms with Crippen molar-refractivity contribution in [1.82, 2.24) is 0 Å². The lowest BCUT2D eigenvalue weighted by atomic mass is 9.94. The van der Waals surface area contributed by atoms with E-state index in [4.69, 9.17) is 55.9 Å². The molecule has 0 aliphatic carbocycles. The highest BCUT2D eigenvalue weighted by Gasteiger charge is 2.47. The molecule has 3 aromatic rings. The standard InChI is InChI=1S/C25H17Cl4NO6/c1-35-23-16(10-17(28)24(36-2)19(23)29)21(32)18-20(11-3-5-15(31)6-4-11)30(25(34)22(18)33)14-8-12(26)7-13(27)9-14/h3-10,20,31-32H,1-2H3/b21-18+. The lowest BCUT2D eigenvalue weighted by Gasteiger charge is -2.26. The molecule has 1 unspecified atom stereocenters. The van der Waals surface area contributed by atoms with E-state index in [2.05, 4.69) is 0 Å². The largest absolute Gasteiger partial charge is 0.508 e. The van der Waals surface area contributed by atoms with E-state index in [0.717, 1.165) is 4.90 Å². The summed E-state index contributed by atoms with van der Waals surface area (Å²) in [5.74, 6) is -2.43. The van der Waals surface area contributed by atoms with Gasteiger partial charge in [0.05, 0.1) is 36.4 Å². The molecule has 4 rings (SSSR count). The summed E-state index contributed by atoms with van der Waals surface area (Å²) < 4.78 is 10.6. The number of anilines is 1. The third-order valence-electron chi connectivity index (χ3n) is 5.57. The number of benzene rings is 3. The fraction of sp³-hybridized carbons (Fsp3) is 0.120. The normalized spacial score (nSPS) is 16.9. The van der Waals surface area contributed by atoms with Crippen molar-refractivity contribution in [2.75, 3.05) is 19.1 Å². The summed E-state index contributed by atoms with van der Waals surface area (Å²) in [4.78, 5) is 27.8. The van der Waals surface area contributed by atoms with E-state index >= 15 is 0 Å². The molecule has 1 fully saturated rings. The Morgan fingerprint density at radius 2 is 1.47 bits per heavy atom. The lowest BCUT2D eigenvalue weighted by molar-refractivity contribution is -0.132. The third kappa shape index (κ3) is 4.44. The summed E-state index contributed by atoms with van der Waals surface area (Å²) in [6.07, 6.45) is 0. The van der Waals surface area contributed by atoms with Gasteiger partial charge in [0, 0.05) is 15.7 Å². The monoisotopic (exact) mass is 567 g/mol. The SMILES string of the molecule is COc1c(Cl)cc(/C(O)=C2\C(=O)C(=O)N(c3cc(Cl)cc(Cl)c3)C2c2ccc(O)cc2)c(OC)c1Cl. The Labute approximate surface area is 226 Å². The van der Waals surface area contributed by atoms with Crippen molar-refractivity contribution < 1.29 is 29.3 Å². The van der Waals surface area contributed by atoms with Crippen LogP contribution >= 0.6 is 46.4 Å². The molecule has 0 spiro atoms. The average Bonchev–Trinajstić information content (AvgIpc) is 3.09. The Morgan fingerprint density at radius 1 is 0.889 bits per heavy atom. The second-order valence-electron chi connectivity index (χ2n) is 7.67. The summed E-state index contributed by atoms with van der Waals surface area (Å²) in [6, 6.07) is 10.4. The first-order chi connectivity index (χ1) is 17.1. The topological polar surface area (TPSA) is 96.3 Å². The number of phenols is 1. The number of amides is 1. The van der Waals surface area contributed by atoms with Crippen LogP contribution in [0.3, 0.4) is 0 Å². The van der Waals surface area contributed by atoms with E-state index < -0.39 is 23.5 Å². The number of aliphatic hydroxyl groups is 1. The fourth-order valence-corrected chi connectivity index (χ4v) is 5.24. The zero-order chi connectivity index (χ0) is 26.3. The summed E-state index contributed by atoms with van der Waals surface area (Å²) in [7, 11) is 2.67. The van der Waals surface area contributed by atoms with Crippen LogP contribution in [0.15, 0.2) is 54.1 Å². The number of aliphatic hydroxyl groups excluding tert-OH is 1. The number of halogens is 4. The van der Waals surface area contributed by atoms with E-state index in [1.807, 2.05) is 0 Å². The maximum Gasteiger partial charge on any atom is 0.300 e. The number of hydrogen-bond acceptors (Lipinski definition) is 6. The maximum atomic E-state index is 13.4. The molecule has 1 atom stereocenters. The minimum Gasteiger partial charge on any atom is -0.508 e. The average molecular weight is 569 g/mol. The van der Waals surface area contributed by atoms with Crippen molar-refractivity contribution >= 4 is 69.5 Å². The molecule has 0 aromatic heterocycles. The molecule has 186 valence electrons. The molecule has 0 radical (unpaired) electrons. The molecular weight excluding hydrogens is 552 g/mol. The van der Waals surface area contributed by atoms with Gasteiger partial charge in [-0.05, 0) is 42.0 Å². The molecule has 0 saturated carbocycles. The van der Waals surface area contributed by atoms with Crippen LogP contribution in [0, 0.1) is 0 Å². The highest BCUT2D eigenvalue weighted by Crippen LogP contribution is 2.48. The summed E-state index contributed by atoms with van der Waals surface area (Å²) in [5.41, 5.74) is 0.343. The summed E-state index contributed by atoms with van der Waals surface area (Å²) >= 11 is 25.0. The van der Waals surface area contributed by atoms with Gasteiger partial charge in [0.15, 0.2) is 11.5 Å². The molecule has 1 amide bonds. The zero-order valence-electron chi connectivity index (χ0n) is 18.7. The summed E-state index contributed by atoms with van der Waals surface area (Å²) in [6.45, 7) is 0. The number of phenolic OH excluding ortho intramolecular Hbond substituents is 1. The van der Waals surface area contributed by atoms with Gasteiger partial charge in [0.1, 0.15) is 16.5 Å². The van der Waals surface area contributed by atoms with Gasteiger partial charge in [-0.2, -0.15) is 0 Å². The minimum atomic E-state index is -1.12. The highest BCUT2D eigenvalue weighted by molar-refractivity contribution is 6.52. The van der Waals surface area contributed by atoms with Crippen molar-refractivity contribution in [2.24, 2.45) is 0 Å². The highest BCUT2D eigenvalue weighted by atomic mass is 35.5. The van der Waals surface area contributed by atoms with Gasteiger partial charge in [-0.3, -0.25) is 14.5 Å². The Balaban J connectivity index is 2.03. The van der Waals surface area contributed by atoms with E-state index in [1.54, 1.807) is 0 Å². The Morgan fingerprint density at radius 3 is 2.03 bits per heavy atom. The van der Waals surface area contributed by atoms with Gasteiger partial charge >= 0.3 is 0 Å². The van der Waals surface area contributed by atoms with Crippen molar-refractivity contribution in [2.45, 2.75) is 6.04 Å². The van der Waals surface area contributed by atoms with Crippen LogP contribution in [-0.4, -0.2) is 36.1 Å². The van der Waals surface area contributed by atoms with Crippen LogP contribution in [0.2, 0.25) is 20.1 Å². The van der Waals surface area contributed by atoms with E-state index in [9.17, 15) is 19.8 Å². The van der Waals surface area contributed by atoms with E-state index in [0.29, 0.717) is 5.56 Å². The van der Waals surface area contributed by atoms with Gasteiger partial charge < -0.3 is 19.7 Å². The number of aromatic hydroxyl groups is 1. The molecule has 11 heteroatoms. The second-order valence-corrected chi connectivity index (χ2v) is 9.33. The first kappa shape index (κ1) is 26.0. The van der Waals surface area contributed by atoms with Crippen LogP contribution in [0.25, 0.3) is 5.76 Å². The van der Waals surface area contributed by atoms with Crippen LogP contribution in [0.5, 0.6) is 17.2 Å². The molecule has 3 aromatic carbocycles. The van der Waals surface area contributed by atoms with Gasteiger partial charge in [-0.1, -0.05) is 58.5 Å². The predicted octanol–water partition coefficient (Wildman–Crippen LogP) is 6.65. The number of hydrogen-bond donors (Lipinski definition) is 2. The Hall–Kier alpha value is -3.10. The molecule has 1 aliphatic heterocycles. The van der Waals surface area contributed by atoms with Crippen LogP contribution < -0.4 is 14.4 Å². The number of carbonyl (C=O) groups is 2. The molecule has 7 nitrogen and oxygen atoms in total. The second kappa shape index (κ2) is 10.1. The number of nitrogens with zero attached hydrogens (tertiary/aromatic N) is 1. The predicted molar refractivity (Wildman–Crippen MR) is 139 cm³/mol. The molecule has 36 heavy (non-hydrogen) atoms. The Kier molecular flexibility index (Phi) is 7.29. The third-order valence-corrected chi connectivity index (χ3v) is 6.63. The van der Waals surface area contributed by atoms with Gasteiger partial charge in [0.2, 0.25) is 0 Å². The number of ketones is 1. The summed E-state index contributed by atoms with van der Waals surface area (Å²) in [5, 5.41) is 21.7. The molecule has 1 aliphatic rings. The number of Topliss-reactive ketones (excluding diaryl/α,β-unsaturated/α-hetero) is 1. The van der Waals surface area contributed by atoms with Crippen molar-refractivity contribution in [3.8, 4) is 17.2 Å². The molecule has 1 saturated heterocycles. The van der Waals surface area contributed by atoms with Gasteiger partial charge in [0.25, 0.3) is 11.7 Å². The van der Waals surface area contributed by atoms with E-state index in [1.165, 1.54) is 62.8 Å².